The number of nitrogens with zero attached hydrogens (tertiary/aromatic N) is 2. The Bertz CT molecular complexity index is 356. The lowest BCUT2D eigenvalue weighted by Gasteiger charge is -2.24. The van der Waals surface area contributed by atoms with Crippen molar-refractivity contribution in [1.29, 1.82) is 0 Å². The van der Waals surface area contributed by atoms with Gasteiger partial charge in [-0.3, -0.25) is 0 Å². The molecule has 0 bridgehead atoms. The second-order valence-corrected chi connectivity index (χ2v) is 4.84. The Morgan fingerprint density at radius 1 is 1.25 bits per heavy atom. The molecule has 0 aliphatic heterocycles. The smallest absolute Gasteiger partial charge is 0.0648 e. The molecule has 1 heterocycles. The van der Waals surface area contributed by atoms with Gasteiger partial charge in [-0.15, -0.1) is 0 Å². The maximum Gasteiger partial charge on any atom is 0.0648 e. The molecule has 88 valence electrons. The van der Waals surface area contributed by atoms with Crippen LogP contribution in [0.2, 0.25) is 0 Å². The van der Waals surface area contributed by atoms with Gasteiger partial charge in [-0.25, -0.2) is 0 Å². The molecule has 0 amide bonds. The van der Waals surface area contributed by atoms with Gasteiger partial charge in [0, 0.05) is 6.04 Å². The van der Waals surface area contributed by atoms with E-state index in [1.54, 1.807) is 0 Å². The molecule has 1 unspecified atom stereocenters. The van der Waals surface area contributed by atoms with E-state index in [9.17, 15) is 0 Å². The quantitative estimate of drug-likeness (QED) is 0.849. The highest BCUT2D eigenvalue weighted by atomic mass is 15.1. The van der Waals surface area contributed by atoms with Gasteiger partial charge in [0.25, 0.3) is 0 Å². The predicted octanol–water partition coefficient (Wildman–Crippen LogP) is 2.54. The van der Waals surface area contributed by atoms with Crippen molar-refractivity contribution in [1.82, 2.24) is 15.5 Å². The maximum atomic E-state index is 4.23. The first-order valence-corrected chi connectivity index (χ1v) is 6.20. The van der Waals surface area contributed by atoms with Crippen LogP contribution in [0.25, 0.3) is 0 Å². The van der Waals surface area contributed by atoms with Gasteiger partial charge in [0.2, 0.25) is 0 Å². The fourth-order valence-electron chi connectivity index (χ4n) is 2.82. The van der Waals surface area contributed by atoms with Crippen molar-refractivity contribution in [2.45, 2.75) is 45.6 Å². The standard InChI is InChI=1S/C13H21N3/c1-9-8-12(10(2)16-15-9)13(14-3)11-6-4-5-7-11/h8,11,13-14H,4-7H2,1-3H3. The van der Waals surface area contributed by atoms with E-state index in [0.29, 0.717) is 6.04 Å². The summed E-state index contributed by atoms with van der Waals surface area (Å²) >= 11 is 0. The normalized spacial score (nSPS) is 18.9. The number of nitrogens with one attached hydrogen (secondary N) is 1. The van der Waals surface area contributed by atoms with Crippen molar-refractivity contribution in [2.75, 3.05) is 7.05 Å². The van der Waals surface area contributed by atoms with Gasteiger partial charge < -0.3 is 5.32 Å². The zero-order valence-electron chi connectivity index (χ0n) is 10.5. The Hall–Kier alpha value is -0.960. The Morgan fingerprint density at radius 3 is 2.56 bits per heavy atom. The van der Waals surface area contributed by atoms with Crippen LogP contribution in [0.3, 0.4) is 0 Å². The summed E-state index contributed by atoms with van der Waals surface area (Å²) in [6.45, 7) is 4.07. The second kappa shape index (κ2) is 4.91. The fraction of sp³-hybridized carbons (Fsp3) is 0.692. The predicted molar refractivity (Wildman–Crippen MR) is 65.3 cm³/mol. The Balaban J connectivity index is 2.28. The van der Waals surface area contributed by atoms with Crippen LogP contribution in [-0.2, 0) is 0 Å². The van der Waals surface area contributed by atoms with Crippen LogP contribution < -0.4 is 5.32 Å². The molecule has 0 radical (unpaired) electrons. The monoisotopic (exact) mass is 219 g/mol. The van der Waals surface area contributed by atoms with E-state index >= 15 is 0 Å². The van der Waals surface area contributed by atoms with Crippen molar-refractivity contribution in [2.24, 2.45) is 5.92 Å². The van der Waals surface area contributed by atoms with Crippen molar-refractivity contribution in [3.8, 4) is 0 Å². The fourth-order valence-corrected chi connectivity index (χ4v) is 2.82. The zero-order chi connectivity index (χ0) is 11.5. The van der Waals surface area contributed by atoms with Gasteiger partial charge in [-0.2, -0.15) is 10.2 Å². The first-order chi connectivity index (χ1) is 7.72. The summed E-state index contributed by atoms with van der Waals surface area (Å²) in [4.78, 5) is 0. The van der Waals surface area contributed by atoms with E-state index in [2.05, 4.69) is 35.6 Å². The minimum Gasteiger partial charge on any atom is -0.313 e. The zero-order valence-corrected chi connectivity index (χ0v) is 10.5. The summed E-state index contributed by atoms with van der Waals surface area (Å²) in [5, 5.41) is 11.8. The average Bonchev–Trinajstić information content (AvgIpc) is 2.78. The molecule has 3 heteroatoms. The topological polar surface area (TPSA) is 37.8 Å². The molecule has 2 rings (SSSR count). The number of aromatic nitrogens is 2. The van der Waals surface area contributed by atoms with E-state index in [-0.39, 0.29) is 0 Å². The molecule has 16 heavy (non-hydrogen) atoms. The molecule has 1 aromatic rings. The highest BCUT2D eigenvalue weighted by molar-refractivity contribution is 5.24. The van der Waals surface area contributed by atoms with Crippen molar-refractivity contribution in [3.05, 3.63) is 23.0 Å². The third kappa shape index (κ3) is 2.24. The molecule has 1 aromatic heterocycles. The number of hydrogen-bond acceptors (Lipinski definition) is 3. The molecule has 0 spiro atoms. The summed E-state index contributed by atoms with van der Waals surface area (Å²) < 4.78 is 0. The lowest BCUT2D eigenvalue weighted by Crippen LogP contribution is -2.25. The molecule has 1 atom stereocenters. The second-order valence-electron chi connectivity index (χ2n) is 4.84. The number of aryl methyl sites for hydroxylation is 2. The molecular weight excluding hydrogens is 198 g/mol. The summed E-state index contributed by atoms with van der Waals surface area (Å²) in [6, 6.07) is 2.64. The summed E-state index contributed by atoms with van der Waals surface area (Å²) in [6.07, 6.45) is 5.43. The third-order valence-corrected chi connectivity index (χ3v) is 3.66. The van der Waals surface area contributed by atoms with Gasteiger partial charge in [-0.05, 0) is 51.3 Å². The molecule has 1 N–H and O–H groups in total. The van der Waals surface area contributed by atoms with Crippen LogP contribution in [0.5, 0.6) is 0 Å². The van der Waals surface area contributed by atoms with E-state index < -0.39 is 0 Å². The molecular formula is C13H21N3. The molecule has 1 fully saturated rings. The molecule has 0 aromatic carbocycles. The number of rotatable bonds is 3. The summed E-state index contributed by atoms with van der Waals surface area (Å²) in [5.74, 6) is 0.771. The lowest BCUT2D eigenvalue weighted by molar-refractivity contribution is 0.387. The van der Waals surface area contributed by atoms with Crippen LogP contribution in [0.1, 0.15) is 48.7 Å². The van der Waals surface area contributed by atoms with Crippen LogP contribution in [-0.4, -0.2) is 17.2 Å². The third-order valence-electron chi connectivity index (χ3n) is 3.66. The van der Waals surface area contributed by atoms with E-state index in [1.807, 2.05) is 6.92 Å². The Kier molecular flexibility index (Phi) is 3.54. The highest BCUT2D eigenvalue weighted by Gasteiger charge is 2.26. The first kappa shape index (κ1) is 11.5. The van der Waals surface area contributed by atoms with E-state index in [0.717, 1.165) is 17.3 Å². The molecule has 1 aliphatic carbocycles. The van der Waals surface area contributed by atoms with Gasteiger partial charge in [-0.1, -0.05) is 12.8 Å². The summed E-state index contributed by atoms with van der Waals surface area (Å²) in [7, 11) is 2.05. The Labute approximate surface area is 97.7 Å². The van der Waals surface area contributed by atoms with Crippen LogP contribution >= 0.6 is 0 Å². The Morgan fingerprint density at radius 2 is 1.94 bits per heavy atom. The van der Waals surface area contributed by atoms with Crippen molar-refractivity contribution < 1.29 is 0 Å². The SMILES string of the molecule is CNC(c1cc(C)nnc1C)C1CCCC1. The van der Waals surface area contributed by atoms with Gasteiger partial charge >= 0.3 is 0 Å². The lowest BCUT2D eigenvalue weighted by atomic mass is 9.91. The summed E-state index contributed by atoms with van der Waals surface area (Å²) in [5.41, 5.74) is 3.41. The molecule has 0 saturated heterocycles. The minimum absolute atomic E-state index is 0.455. The van der Waals surface area contributed by atoms with Gasteiger partial charge in [0.15, 0.2) is 0 Å². The van der Waals surface area contributed by atoms with Crippen LogP contribution in [0.4, 0.5) is 0 Å². The molecule has 1 aliphatic rings. The highest BCUT2D eigenvalue weighted by Crippen LogP contribution is 2.36. The van der Waals surface area contributed by atoms with Gasteiger partial charge in [0.05, 0.1) is 11.4 Å². The molecule has 1 saturated carbocycles. The van der Waals surface area contributed by atoms with Gasteiger partial charge in [0.1, 0.15) is 0 Å². The van der Waals surface area contributed by atoms with Crippen LogP contribution in [0.15, 0.2) is 6.07 Å². The number of hydrogen-bond donors (Lipinski definition) is 1. The average molecular weight is 219 g/mol. The van der Waals surface area contributed by atoms with E-state index in [1.165, 1.54) is 31.2 Å². The molecule has 3 nitrogen and oxygen atoms in total. The minimum atomic E-state index is 0.455. The van der Waals surface area contributed by atoms with Crippen molar-refractivity contribution in [3.63, 3.8) is 0 Å². The van der Waals surface area contributed by atoms with Crippen molar-refractivity contribution >= 4 is 0 Å². The van der Waals surface area contributed by atoms with Crippen LogP contribution in [0, 0.1) is 19.8 Å². The maximum absolute atomic E-state index is 4.23. The largest absolute Gasteiger partial charge is 0.313 e. The van der Waals surface area contributed by atoms with E-state index in [4.69, 9.17) is 0 Å². The first-order valence-electron chi connectivity index (χ1n) is 6.20.